The molecule has 0 aliphatic heterocycles. The highest BCUT2D eigenvalue weighted by Crippen LogP contribution is 2.26. The number of benzene rings is 1. The minimum atomic E-state index is -0.747. The molecule has 2 N–H and O–H groups in total. The van der Waals surface area contributed by atoms with Gasteiger partial charge in [-0.25, -0.2) is 0 Å². The van der Waals surface area contributed by atoms with Crippen molar-refractivity contribution < 1.29 is 9.90 Å². The zero-order valence-electron chi connectivity index (χ0n) is 11.1. The molecular weight excluding hydrogens is 226 g/mol. The van der Waals surface area contributed by atoms with Crippen molar-refractivity contribution in [2.75, 3.05) is 0 Å². The molecule has 1 unspecified atom stereocenters. The van der Waals surface area contributed by atoms with Gasteiger partial charge in [-0.1, -0.05) is 32.0 Å². The van der Waals surface area contributed by atoms with Crippen LogP contribution in [0.2, 0.25) is 0 Å². The van der Waals surface area contributed by atoms with E-state index in [0.717, 1.165) is 17.6 Å². The van der Waals surface area contributed by atoms with Crippen LogP contribution in [0.3, 0.4) is 0 Å². The standard InChI is InChI=1S/C15H19NO2/c1-4-11-6-5-7-12-10(3)13(16-14(11)12)8-9(2)15(17)18/h5-7,9,16H,4,8H2,1-3H3,(H,17,18). The van der Waals surface area contributed by atoms with Gasteiger partial charge in [0.05, 0.1) is 5.92 Å². The van der Waals surface area contributed by atoms with Gasteiger partial charge in [-0.05, 0) is 24.5 Å². The summed E-state index contributed by atoms with van der Waals surface area (Å²) in [6, 6.07) is 6.27. The molecular formula is C15H19NO2. The second kappa shape index (κ2) is 4.84. The highest BCUT2D eigenvalue weighted by molar-refractivity contribution is 5.87. The van der Waals surface area contributed by atoms with Gasteiger partial charge >= 0.3 is 5.97 Å². The van der Waals surface area contributed by atoms with E-state index in [-0.39, 0.29) is 5.92 Å². The van der Waals surface area contributed by atoms with E-state index < -0.39 is 5.97 Å². The van der Waals surface area contributed by atoms with Gasteiger partial charge in [0.25, 0.3) is 0 Å². The number of H-pyrrole nitrogens is 1. The predicted molar refractivity (Wildman–Crippen MR) is 72.9 cm³/mol. The molecule has 0 aliphatic rings. The molecule has 2 aromatic rings. The van der Waals surface area contributed by atoms with Crippen LogP contribution in [0, 0.1) is 12.8 Å². The fourth-order valence-electron chi connectivity index (χ4n) is 2.36. The second-order valence-corrected chi connectivity index (χ2v) is 4.87. The SMILES string of the molecule is CCc1cccc2c(C)c(CC(C)C(=O)O)[nH]c12. The van der Waals surface area contributed by atoms with Crippen molar-refractivity contribution in [2.24, 2.45) is 5.92 Å². The number of hydrogen-bond donors (Lipinski definition) is 2. The Morgan fingerprint density at radius 3 is 2.78 bits per heavy atom. The lowest BCUT2D eigenvalue weighted by Crippen LogP contribution is -2.12. The van der Waals surface area contributed by atoms with Crippen molar-refractivity contribution in [3.63, 3.8) is 0 Å². The van der Waals surface area contributed by atoms with E-state index >= 15 is 0 Å². The Kier molecular flexibility index (Phi) is 3.41. The maximum Gasteiger partial charge on any atom is 0.306 e. The molecule has 0 amide bonds. The number of carbonyl (C=O) groups is 1. The highest BCUT2D eigenvalue weighted by atomic mass is 16.4. The minimum Gasteiger partial charge on any atom is -0.481 e. The van der Waals surface area contributed by atoms with Crippen LogP contribution in [-0.2, 0) is 17.6 Å². The summed E-state index contributed by atoms with van der Waals surface area (Å²) in [5, 5.41) is 10.2. The lowest BCUT2D eigenvalue weighted by molar-refractivity contribution is -0.141. The first-order valence-corrected chi connectivity index (χ1v) is 6.36. The summed E-state index contributed by atoms with van der Waals surface area (Å²) in [5.41, 5.74) is 4.66. The number of nitrogens with one attached hydrogen (secondary N) is 1. The summed E-state index contributed by atoms with van der Waals surface area (Å²) in [5.74, 6) is -1.11. The fourth-order valence-corrected chi connectivity index (χ4v) is 2.36. The molecule has 3 nitrogen and oxygen atoms in total. The van der Waals surface area contributed by atoms with E-state index in [4.69, 9.17) is 5.11 Å². The van der Waals surface area contributed by atoms with Crippen LogP contribution in [0.1, 0.15) is 30.7 Å². The van der Waals surface area contributed by atoms with Gasteiger partial charge in [0.1, 0.15) is 0 Å². The molecule has 1 heterocycles. The van der Waals surface area contributed by atoms with Gasteiger partial charge in [0.15, 0.2) is 0 Å². The molecule has 1 atom stereocenters. The zero-order valence-corrected chi connectivity index (χ0v) is 11.1. The van der Waals surface area contributed by atoms with Crippen molar-refractivity contribution in [2.45, 2.75) is 33.6 Å². The largest absolute Gasteiger partial charge is 0.481 e. The highest BCUT2D eigenvalue weighted by Gasteiger charge is 2.16. The molecule has 0 saturated heterocycles. The molecule has 0 bridgehead atoms. The molecule has 1 aromatic carbocycles. The number of aliphatic carboxylic acids is 1. The van der Waals surface area contributed by atoms with Crippen molar-refractivity contribution in [1.82, 2.24) is 4.98 Å². The van der Waals surface area contributed by atoms with E-state index in [1.165, 1.54) is 16.5 Å². The molecule has 96 valence electrons. The number of aromatic amines is 1. The van der Waals surface area contributed by atoms with E-state index in [0.29, 0.717) is 6.42 Å². The summed E-state index contributed by atoms with van der Waals surface area (Å²) < 4.78 is 0. The average molecular weight is 245 g/mol. The summed E-state index contributed by atoms with van der Waals surface area (Å²) in [4.78, 5) is 14.3. The maximum absolute atomic E-state index is 10.9. The minimum absolute atomic E-state index is 0.359. The Morgan fingerprint density at radius 2 is 2.17 bits per heavy atom. The van der Waals surface area contributed by atoms with Crippen molar-refractivity contribution in [3.8, 4) is 0 Å². The maximum atomic E-state index is 10.9. The molecule has 0 saturated carbocycles. The van der Waals surface area contributed by atoms with Crippen molar-refractivity contribution in [3.05, 3.63) is 35.0 Å². The Bertz CT molecular complexity index is 583. The van der Waals surface area contributed by atoms with E-state index in [1.807, 2.05) is 0 Å². The Morgan fingerprint density at radius 1 is 1.44 bits per heavy atom. The number of rotatable bonds is 4. The number of carboxylic acid groups (broad SMARTS) is 1. The molecule has 18 heavy (non-hydrogen) atoms. The van der Waals surface area contributed by atoms with Crippen LogP contribution in [0.5, 0.6) is 0 Å². The van der Waals surface area contributed by atoms with E-state index in [9.17, 15) is 4.79 Å². The number of para-hydroxylation sites is 1. The topological polar surface area (TPSA) is 53.1 Å². The van der Waals surface area contributed by atoms with Gasteiger partial charge in [0.2, 0.25) is 0 Å². The molecule has 0 radical (unpaired) electrons. The van der Waals surface area contributed by atoms with Crippen LogP contribution in [0.15, 0.2) is 18.2 Å². The number of hydrogen-bond acceptors (Lipinski definition) is 1. The second-order valence-electron chi connectivity index (χ2n) is 4.87. The smallest absolute Gasteiger partial charge is 0.306 e. The van der Waals surface area contributed by atoms with Crippen LogP contribution in [-0.4, -0.2) is 16.1 Å². The lowest BCUT2D eigenvalue weighted by atomic mass is 10.0. The van der Waals surface area contributed by atoms with Gasteiger partial charge in [-0.15, -0.1) is 0 Å². The number of aromatic nitrogens is 1. The normalized spacial score (nSPS) is 12.8. The Balaban J connectivity index is 2.47. The van der Waals surface area contributed by atoms with Crippen LogP contribution >= 0.6 is 0 Å². The summed E-state index contributed by atoms with van der Waals surface area (Å²) in [6.07, 6.45) is 1.53. The summed E-state index contributed by atoms with van der Waals surface area (Å²) in [7, 11) is 0. The van der Waals surface area contributed by atoms with Crippen LogP contribution < -0.4 is 0 Å². The van der Waals surface area contributed by atoms with Crippen molar-refractivity contribution in [1.29, 1.82) is 0 Å². The number of aryl methyl sites for hydroxylation is 2. The Labute approximate surface area is 107 Å². The van der Waals surface area contributed by atoms with Crippen molar-refractivity contribution >= 4 is 16.9 Å². The third-order valence-electron chi connectivity index (χ3n) is 3.60. The quantitative estimate of drug-likeness (QED) is 0.868. The summed E-state index contributed by atoms with van der Waals surface area (Å²) >= 11 is 0. The third-order valence-corrected chi connectivity index (χ3v) is 3.60. The third kappa shape index (κ3) is 2.13. The first-order valence-electron chi connectivity index (χ1n) is 6.36. The summed E-state index contributed by atoms with van der Waals surface area (Å²) in [6.45, 7) is 5.93. The Hall–Kier alpha value is -1.77. The molecule has 1 aromatic heterocycles. The van der Waals surface area contributed by atoms with Gasteiger partial charge in [-0.2, -0.15) is 0 Å². The predicted octanol–water partition coefficient (Wildman–Crippen LogP) is 3.30. The lowest BCUT2D eigenvalue weighted by Gasteiger charge is -2.04. The van der Waals surface area contributed by atoms with E-state index in [1.54, 1.807) is 6.92 Å². The van der Waals surface area contributed by atoms with Gasteiger partial charge in [0, 0.05) is 23.0 Å². The van der Waals surface area contributed by atoms with E-state index in [2.05, 4.69) is 37.0 Å². The molecule has 2 rings (SSSR count). The fraction of sp³-hybridized carbons (Fsp3) is 0.400. The molecule has 0 spiro atoms. The molecule has 3 heteroatoms. The zero-order chi connectivity index (χ0) is 13.3. The van der Waals surface area contributed by atoms with Crippen LogP contribution in [0.4, 0.5) is 0 Å². The number of carboxylic acids is 1. The number of fused-ring (bicyclic) bond motifs is 1. The van der Waals surface area contributed by atoms with Crippen LogP contribution in [0.25, 0.3) is 10.9 Å². The van der Waals surface area contributed by atoms with Gasteiger partial charge in [-0.3, -0.25) is 4.79 Å². The first kappa shape index (κ1) is 12.7. The average Bonchev–Trinajstić information content (AvgIpc) is 2.66. The molecule has 0 aliphatic carbocycles. The first-order chi connectivity index (χ1) is 8.54. The monoisotopic (exact) mass is 245 g/mol. The van der Waals surface area contributed by atoms with Gasteiger partial charge < -0.3 is 10.1 Å². The molecule has 0 fully saturated rings.